The number of carbonyl (C=O) groups excluding carboxylic acids is 1. The van der Waals surface area contributed by atoms with Crippen molar-refractivity contribution in [2.75, 3.05) is 25.9 Å². The third-order valence-electron chi connectivity index (χ3n) is 6.46. The topological polar surface area (TPSA) is 57.7 Å². The van der Waals surface area contributed by atoms with Gasteiger partial charge in [0, 0.05) is 32.6 Å². The largest absolute Gasteiger partial charge is 0.343 e. The molecule has 0 aromatic heterocycles. The van der Waals surface area contributed by atoms with Crippen LogP contribution >= 0.6 is 0 Å². The first-order valence-electron chi connectivity index (χ1n) is 9.14. The Morgan fingerprint density at radius 1 is 1.13 bits per heavy atom. The van der Waals surface area contributed by atoms with Crippen molar-refractivity contribution < 1.29 is 13.2 Å². The van der Waals surface area contributed by atoms with Crippen molar-refractivity contribution in [3.8, 4) is 0 Å². The highest BCUT2D eigenvalue weighted by Crippen LogP contribution is 2.49. The maximum absolute atomic E-state index is 12.6. The number of nitrogens with zero attached hydrogens (tertiary/aromatic N) is 2. The second-order valence-corrected chi connectivity index (χ2v) is 9.98. The van der Waals surface area contributed by atoms with Gasteiger partial charge in [-0.25, -0.2) is 12.7 Å². The van der Waals surface area contributed by atoms with E-state index in [1.807, 2.05) is 4.90 Å². The molecule has 1 amide bonds. The molecule has 1 saturated heterocycles. The van der Waals surface area contributed by atoms with E-state index in [2.05, 4.69) is 0 Å². The van der Waals surface area contributed by atoms with E-state index in [1.54, 1.807) is 14.0 Å². The molecule has 3 rings (SSSR count). The molecule has 0 aromatic carbocycles. The van der Waals surface area contributed by atoms with Gasteiger partial charge < -0.3 is 4.90 Å². The molecule has 2 bridgehead atoms. The van der Waals surface area contributed by atoms with Gasteiger partial charge in [-0.1, -0.05) is 6.42 Å². The van der Waals surface area contributed by atoms with Crippen LogP contribution in [-0.2, 0) is 14.8 Å². The summed E-state index contributed by atoms with van der Waals surface area (Å²) >= 11 is 0. The number of hydrogen-bond acceptors (Lipinski definition) is 3. The summed E-state index contributed by atoms with van der Waals surface area (Å²) in [6.07, 6.45) is 7.54. The van der Waals surface area contributed by atoms with E-state index in [4.69, 9.17) is 0 Å². The molecule has 2 aliphatic carbocycles. The van der Waals surface area contributed by atoms with Crippen LogP contribution in [0, 0.1) is 17.8 Å². The van der Waals surface area contributed by atoms with Gasteiger partial charge in [0.25, 0.3) is 0 Å². The fourth-order valence-electron chi connectivity index (χ4n) is 4.89. The maximum atomic E-state index is 12.6. The lowest BCUT2D eigenvalue weighted by Gasteiger charge is -2.36. The van der Waals surface area contributed by atoms with E-state index in [-0.39, 0.29) is 11.8 Å². The molecule has 3 fully saturated rings. The lowest BCUT2D eigenvalue weighted by molar-refractivity contribution is -0.133. The second-order valence-electron chi connectivity index (χ2n) is 7.67. The van der Waals surface area contributed by atoms with Gasteiger partial charge in [0.2, 0.25) is 15.9 Å². The Hall–Kier alpha value is -0.620. The molecule has 0 aromatic rings. The number of fused-ring (bicyclic) bond motifs is 2. The summed E-state index contributed by atoms with van der Waals surface area (Å²) in [6.45, 7) is 3.08. The van der Waals surface area contributed by atoms with Crippen molar-refractivity contribution in [1.29, 1.82) is 0 Å². The lowest BCUT2D eigenvalue weighted by atomic mass is 9.86. The van der Waals surface area contributed by atoms with Crippen molar-refractivity contribution in [2.45, 2.75) is 57.9 Å². The van der Waals surface area contributed by atoms with Crippen LogP contribution in [0.1, 0.15) is 51.9 Å². The Morgan fingerprint density at radius 3 is 2.35 bits per heavy atom. The van der Waals surface area contributed by atoms with Crippen molar-refractivity contribution in [3.05, 3.63) is 0 Å². The van der Waals surface area contributed by atoms with Crippen molar-refractivity contribution in [2.24, 2.45) is 17.8 Å². The standard InChI is InChI=1S/C17H30N2O3S/c1-3-23(21,22)18(2)16-6-8-19(9-7-16)17(20)12-15-11-13-4-5-14(15)10-13/h13-16H,3-12H2,1-2H3/t13-,14-,15-/m0/s1. The van der Waals surface area contributed by atoms with Crippen molar-refractivity contribution in [3.63, 3.8) is 0 Å². The highest BCUT2D eigenvalue weighted by atomic mass is 32.2. The van der Waals surface area contributed by atoms with Gasteiger partial charge in [-0.15, -0.1) is 0 Å². The minimum atomic E-state index is -3.13. The first-order valence-corrected chi connectivity index (χ1v) is 10.7. The third kappa shape index (κ3) is 3.58. The van der Waals surface area contributed by atoms with E-state index in [1.165, 1.54) is 30.0 Å². The van der Waals surface area contributed by atoms with Gasteiger partial charge in [-0.05, 0) is 56.8 Å². The summed E-state index contributed by atoms with van der Waals surface area (Å²) in [5, 5.41) is 0. The minimum absolute atomic E-state index is 0.0477. The number of hydrogen-bond donors (Lipinski definition) is 0. The monoisotopic (exact) mass is 342 g/mol. The normalized spacial score (nSPS) is 32.0. The van der Waals surface area contributed by atoms with Crippen LogP contribution < -0.4 is 0 Å². The van der Waals surface area contributed by atoms with Gasteiger partial charge in [-0.3, -0.25) is 4.79 Å². The lowest BCUT2D eigenvalue weighted by Crippen LogP contribution is -2.47. The number of amides is 1. The molecule has 23 heavy (non-hydrogen) atoms. The predicted octanol–water partition coefficient (Wildman–Crippen LogP) is 2.09. The summed E-state index contributed by atoms with van der Waals surface area (Å²) in [5.41, 5.74) is 0. The molecule has 3 aliphatic rings. The summed E-state index contributed by atoms with van der Waals surface area (Å²) in [4.78, 5) is 14.5. The van der Waals surface area contributed by atoms with Crippen LogP contribution in [0.5, 0.6) is 0 Å². The highest BCUT2D eigenvalue weighted by Gasteiger charge is 2.41. The number of rotatable bonds is 5. The van der Waals surface area contributed by atoms with E-state index in [9.17, 15) is 13.2 Å². The van der Waals surface area contributed by atoms with Gasteiger partial charge in [-0.2, -0.15) is 0 Å². The number of likely N-dealkylation sites (tertiary alicyclic amines) is 1. The van der Waals surface area contributed by atoms with Crippen LogP contribution in [0.4, 0.5) is 0 Å². The Balaban J connectivity index is 1.48. The van der Waals surface area contributed by atoms with Crippen molar-refractivity contribution in [1.82, 2.24) is 9.21 Å². The molecule has 0 unspecified atom stereocenters. The number of piperidine rings is 1. The quantitative estimate of drug-likeness (QED) is 0.769. The summed E-state index contributed by atoms with van der Waals surface area (Å²) in [5.74, 6) is 2.73. The molecule has 5 nitrogen and oxygen atoms in total. The van der Waals surface area contributed by atoms with Crippen LogP contribution in [0.3, 0.4) is 0 Å². The summed E-state index contributed by atoms with van der Waals surface area (Å²) < 4.78 is 25.4. The van der Waals surface area contributed by atoms with Crippen LogP contribution in [-0.4, -0.2) is 55.5 Å². The highest BCUT2D eigenvalue weighted by molar-refractivity contribution is 7.89. The zero-order chi connectivity index (χ0) is 16.6. The molecule has 1 heterocycles. The first-order chi connectivity index (χ1) is 10.9. The molecule has 0 N–H and O–H groups in total. The van der Waals surface area contributed by atoms with Crippen molar-refractivity contribution >= 4 is 15.9 Å². The molecule has 3 atom stereocenters. The van der Waals surface area contributed by atoms with E-state index < -0.39 is 10.0 Å². The first kappa shape index (κ1) is 17.2. The number of sulfonamides is 1. The van der Waals surface area contributed by atoms with Gasteiger partial charge in [0.15, 0.2) is 0 Å². The molecule has 2 saturated carbocycles. The Morgan fingerprint density at radius 2 is 1.83 bits per heavy atom. The van der Waals surface area contributed by atoms with E-state index in [0.717, 1.165) is 31.1 Å². The summed E-state index contributed by atoms with van der Waals surface area (Å²) in [6, 6.07) is 0.0477. The second kappa shape index (κ2) is 6.71. The molecule has 1 aliphatic heterocycles. The molecule has 0 spiro atoms. The Labute approximate surface area is 140 Å². The molecular formula is C17H30N2O3S. The third-order valence-corrected chi connectivity index (χ3v) is 8.36. The smallest absolute Gasteiger partial charge is 0.222 e. The Bertz CT molecular complexity index is 540. The molecular weight excluding hydrogens is 312 g/mol. The molecule has 0 radical (unpaired) electrons. The fourth-order valence-corrected chi connectivity index (χ4v) is 5.96. The van der Waals surface area contributed by atoms with Crippen LogP contribution in [0.15, 0.2) is 0 Å². The maximum Gasteiger partial charge on any atom is 0.222 e. The van der Waals surface area contributed by atoms with Gasteiger partial charge >= 0.3 is 0 Å². The SMILES string of the molecule is CCS(=O)(=O)N(C)C1CCN(C(=O)C[C@@H]2C[C@H]3CC[C@H]2C3)CC1. The number of carbonyl (C=O) groups is 1. The van der Waals surface area contributed by atoms with Crippen LogP contribution in [0.2, 0.25) is 0 Å². The van der Waals surface area contributed by atoms with E-state index >= 15 is 0 Å². The fraction of sp³-hybridized carbons (Fsp3) is 0.941. The summed E-state index contributed by atoms with van der Waals surface area (Å²) in [7, 11) is -1.45. The van der Waals surface area contributed by atoms with E-state index in [0.29, 0.717) is 24.9 Å². The molecule has 132 valence electrons. The van der Waals surface area contributed by atoms with Gasteiger partial charge in [0.05, 0.1) is 5.75 Å². The molecule has 6 heteroatoms. The van der Waals surface area contributed by atoms with Gasteiger partial charge in [0.1, 0.15) is 0 Å². The zero-order valence-corrected chi connectivity index (χ0v) is 15.2. The van der Waals surface area contributed by atoms with Crippen LogP contribution in [0.25, 0.3) is 0 Å². The average molecular weight is 343 g/mol. The zero-order valence-electron chi connectivity index (χ0n) is 14.4. The minimum Gasteiger partial charge on any atom is -0.343 e. The Kier molecular flexibility index (Phi) is 5.02. The predicted molar refractivity (Wildman–Crippen MR) is 90.4 cm³/mol. The average Bonchev–Trinajstić information content (AvgIpc) is 3.17.